The van der Waals surface area contributed by atoms with Crippen LogP contribution in [0.1, 0.15) is 24.2 Å². The number of benzene rings is 1. The standard InChI is InChI=1S/C13H17FO5S/c1-9(2)8-19-5-6-20(17,18)10-3-4-12(14)11(7-10)13(15)16/h3-4,7,9H,5-6,8H2,1-2H3,(H,15,16). The fraction of sp³-hybridized carbons (Fsp3) is 0.462. The van der Waals surface area contributed by atoms with Crippen LogP contribution >= 0.6 is 0 Å². The summed E-state index contributed by atoms with van der Waals surface area (Å²) in [4.78, 5) is 10.6. The number of ether oxygens (including phenoxy) is 1. The molecule has 0 unspecified atom stereocenters. The van der Waals surface area contributed by atoms with Gasteiger partial charge in [-0.1, -0.05) is 13.8 Å². The quantitative estimate of drug-likeness (QED) is 0.615. The van der Waals surface area contributed by atoms with Crippen LogP contribution in [0, 0.1) is 11.7 Å². The Morgan fingerprint density at radius 2 is 2.05 bits per heavy atom. The minimum absolute atomic E-state index is 0.0142. The predicted molar refractivity (Wildman–Crippen MR) is 71.1 cm³/mol. The van der Waals surface area contributed by atoms with Crippen molar-refractivity contribution < 1.29 is 27.4 Å². The molecule has 1 aromatic carbocycles. The average molecular weight is 304 g/mol. The highest BCUT2D eigenvalue weighted by molar-refractivity contribution is 7.91. The van der Waals surface area contributed by atoms with Crippen LogP contribution < -0.4 is 0 Å². The number of carboxylic acids is 1. The van der Waals surface area contributed by atoms with Crippen LogP contribution in [-0.4, -0.2) is 38.5 Å². The fourth-order valence-electron chi connectivity index (χ4n) is 1.47. The van der Waals surface area contributed by atoms with E-state index in [1.807, 2.05) is 13.8 Å². The first-order chi connectivity index (χ1) is 9.24. The second kappa shape index (κ2) is 6.81. The number of carbonyl (C=O) groups is 1. The van der Waals surface area contributed by atoms with E-state index in [4.69, 9.17) is 9.84 Å². The van der Waals surface area contributed by atoms with Crippen molar-refractivity contribution in [2.75, 3.05) is 19.0 Å². The molecule has 0 atom stereocenters. The van der Waals surface area contributed by atoms with E-state index in [1.165, 1.54) is 0 Å². The molecule has 0 aromatic heterocycles. The smallest absolute Gasteiger partial charge is 0.338 e. The molecule has 1 N–H and O–H groups in total. The van der Waals surface area contributed by atoms with Crippen LogP contribution in [0.15, 0.2) is 23.1 Å². The monoisotopic (exact) mass is 304 g/mol. The molecule has 0 aliphatic heterocycles. The molecule has 0 heterocycles. The topological polar surface area (TPSA) is 80.7 Å². The molecule has 20 heavy (non-hydrogen) atoms. The summed E-state index contributed by atoms with van der Waals surface area (Å²) in [7, 11) is -3.69. The van der Waals surface area contributed by atoms with Crippen LogP contribution in [0.5, 0.6) is 0 Å². The van der Waals surface area contributed by atoms with Crippen LogP contribution in [-0.2, 0) is 14.6 Å². The Morgan fingerprint density at radius 1 is 1.40 bits per heavy atom. The second-order valence-corrected chi connectivity index (χ2v) is 6.84. The van der Waals surface area contributed by atoms with Crippen LogP contribution in [0.3, 0.4) is 0 Å². The van der Waals surface area contributed by atoms with Gasteiger partial charge < -0.3 is 9.84 Å². The molecule has 0 bridgehead atoms. The molecule has 1 aromatic rings. The molecule has 7 heteroatoms. The lowest BCUT2D eigenvalue weighted by molar-refractivity contribution is 0.0691. The van der Waals surface area contributed by atoms with Gasteiger partial charge in [0.1, 0.15) is 5.82 Å². The van der Waals surface area contributed by atoms with Gasteiger partial charge in [-0.3, -0.25) is 0 Å². The Hall–Kier alpha value is -1.47. The summed E-state index contributed by atoms with van der Waals surface area (Å²) in [5.74, 6) is -2.45. The summed E-state index contributed by atoms with van der Waals surface area (Å²) in [5.41, 5.74) is -0.658. The third-order valence-electron chi connectivity index (χ3n) is 2.47. The number of rotatable bonds is 7. The molecule has 0 spiro atoms. The third-order valence-corrected chi connectivity index (χ3v) is 4.15. The maximum Gasteiger partial charge on any atom is 0.338 e. The van der Waals surface area contributed by atoms with Gasteiger partial charge in [0.2, 0.25) is 0 Å². The van der Waals surface area contributed by atoms with Crippen molar-refractivity contribution in [3.8, 4) is 0 Å². The summed E-state index contributed by atoms with van der Waals surface area (Å²) >= 11 is 0. The molecule has 0 saturated carbocycles. The first kappa shape index (κ1) is 16.6. The van der Waals surface area contributed by atoms with E-state index in [0.29, 0.717) is 12.5 Å². The van der Waals surface area contributed by atoms with Crippen molar-refractivity contribution in [1.29, 1.82) is 0 Å². The molecule has 0 radical (unpaired) electrons. The van der Waals surface area contributed by atoms with Crippen LogP contribution in [0.25, 0.3) is 0 Å². The van der Waals surface area contributed by atoms with Gasteiger partial charge in [-0.05, 0) is 24.1 Å². The average Bonchev–Trinajstić information content (AvgIpc) is 2.34. The number of aromatic carboxylic acids is 1. The van der Waals surface area contributed by atoms with E-state index >= 15 is 0 Å². The molecular weight excluding hydrogens is 287 g/mol. The number of halogens is 1. The summed E-state index contributed by atoms with van der Waals surface area (Å²) in [6.07, 6.45) is 0. The lowest BCUT2D eigenvalue weighted by Crippen LogP contribution is -2.15. The minimum atomic E-state index is -3.69. The van der Waals surface area contributed by atoms with Gasteiger partial charge in [-0.15, -0.1) is 0 Å². The maximum atomic E-state index is 13.2. The highest BCUT2D eigenvalue weighted by atomic mass is 32.2. The minimum Gasteiger partial charge on any atom is -0.478 e. The molecule has 0 aliphatic carbocycles. The van der Waals surface area contributed by atoms with Gasteiger partial charge in [-0.25, -0.2) is 17.6 Å². The van der Waals surface area contributed by atoms with Gasteiger partial charge in [0.25, 0.3) is 0 Å². The first-order valence-electron chi connectivity index (χ1n) is 6.07. The van der Waals surface area contributed by atoms with Crippen molar-refractivity contribution in [2.24, 2.45) is 5.92 Å². The number of carboxylic acid groups (broad SMARTS) is 1. The first-order valence-corrected chi connectivity index (χ1v) is 7.72. The van der Waals surface area contributed by atoms with E-state index in [2.05, 4.69) is 0 Å². The second-order valence-electron chi connectivity index (χ2n) is 4.73. The zero-order valence-electron chi connectivity index (χ0n) is 11.3. The Morgan fingerprint density at radius 3 is 2.60 bits per heavy atom. The van der Waals surface area contributed by atoms with E-state index in [1.54, 1.807) is 0 Å². The lowest BCUT2D eigenvalue weighted by Gasteiger charge is -2.08. The number of hydrogen-bond donors (Lipinski definition) is 1. The van der Waals surface area contributed by atoms with Gasteiger partial charge >= 0.3 is 5.97 Å². The van der Waals surface area contributed by atoms with Gasteiger partial charge in [0.15, 0.2) is 9.84 Å². The van der Waals surface area contributed by atoms with Crippen molar-refractivity contribution in [2.45, 2.75) is 18.7 Å². The number of sulfone groups is 1. The van der Waals surface area contributed by atoms with Gasteiger partial charge in [0.05, 0.1) is 22.8 Å². The van der Waals surface area contributed by atoms with E-state index in [9.17, 15) is 17.6 Å². The molecular formula is C13H17FO5S. The summed E-state index contributed by atoms with van der Waals surface area (Å²) in [5, 5.41) is 8.77. The Balaban J connectivity index is 2.82. The molecule has 112 valence electrons. The lowest BCUT2D eigenvalue weighted by atomic mass is 10.2. The van der Waals surface area contributed by atoms with Crippen molar-refractivity contribution in [3.63, 3.8) is 0 Å². The van der Waals surface area contributed by atoms with Crippen molar-refractivity contribution in [1.82, 2.24) is 0 Å². The summed E-state index contributed by atoms with van der Waals surface area (Å²) in [6, 6.07) is 2.72. The van der Waals surface area contributed by atoms with Gasteiger partial charge in [0, 0.05) is 6.61 Å². The zero-order valence-corrected chi connectivity index (χ0v) is 12.1. The third kappa shape index (κ3) is 4.57. The van der Waals surface area contributed by atoms with E-state index in [0.717, 1.165) is 18.2 Å². The Labute approximate surface area is 117 Å². The molecule has 0 aliphatic rings. The van der Waals surface area contributed by atoms with E-state index in [-0.39, 0.29) is 17.3 Å². The van der Waals surface area contributed by atoms with E-state index < -0.39 is 27.2 Å². The predicted octanol–water partition coefficient (Wildman–Crippen LogP) is 1.97. The Kier molecular flexibility index (Phi) is 5.64. The summed E-state index contributed by atoms with van der Waals surface area (Å²) < 4.78 is 42.3. The summed E-state index contributed by atoms with van der Waals surface area (Å²) in [6.45, 7) is 4.33. The van der Waals surface area contributed by atoms with Gasteiger partial charge in [-0.2, -0.15) is 0 Å². The normalized spacial score (nSPS) is 11.8. The SMILES string of the molecule is CC(C)COCCS(=O)(=O)c1ccc(F)c(C(=O)O)c1. The fourth-order valence-corrected chi connectivity index (χ4v) is 2.61. The van der Waals surface area contributed by atoms with Crippen molar-refractivity contribution in [3.05, 3.63) is 29.6 Å². The highest BCUT2D eigenvalue weighted by Gasteiger charge is 2.19. The molecule has 0 amide bonds. The largest absolute Gasteiger partial charge is 0.478 e. The Bertz CT molecular complexity index is 580. The number of hydrogen-bond acceptors (Lipinski definition) is 4. The maximum absolute atomic E-state index is 13.2. The van der Waals surface area contributed by atoms with Crippen LogP contribution in [0.4, 0.5) is 4.39 Å². The van der Waals surface area contributed by atoms with Crippen molar-refractivity contribution >= 4 is 15.8 Å². The highest BCUT2D eigenvalue weighted by Crippen LogP contribution is 2.16. The molecule has 0 fully saturated rings. The molecule has 5 nitrogen and oxygen atoms in total. The molecule has 0 saturated heterocycles. The zero-order chi connectivity index (χ0) is 15.3. The molecule has 1 rings (SSSR count). The van der Waals surface area contributed by atoms with Crippen LogP contribution in [0.2, 0.25) is 0 Å².